The highest BCUT2D eigenvalue weighted by Crippen LogP contribution is 2.47. The van der Waals surface area contributed by atoms with Crippen molar-refractivity contribution in [2.75, 3.05) is 27.2 Å². The summed E-state index contributed by atoms with van der Waals surface area (Å²) in [5.74, 6) is 0.0287. The molecule has 3 rings (SSSR count). The van der Waals surface area contributed by atoms with Crippen molar-refractivity contribution in [2.45, 2.75) is 57.7 Å². The molecule has 2 aliphatic rings. The van der Waals surface area contributed by atoms with Crippen LogP contribution in [-0.4, -0.2) is 61.3 Å². The number of ether oxygens (including phenoxy) is 2. The summed E-state index contributed by atoms with van der Waals surface area (Å²) in [5.41, 5.74) is 0.387. The SMILES string of the molecule is CNC(=O)C(=O)N1C[C@@H](c2ccc(OC)c(OC3CCCC3)c2)[C@](C)([C@@H](C)O)C1. The molecule has 3 atom stereocenters. The lowest BCUT2D eigenvalue weighted by atomic mass is 9.72. The Balaban J connectivity index is 1.91. The van der Waals surface area contributed by atoms with Gasteiger partial charge in [-0.15, -0.1) is 0 Å². The number of likely N-dealkylation sites (N-methyl/N-ethyl adjacent to an activating group) is 1. The number of likely N-dealkylation sites (tertiary alicyclic amines) is 1. The molecular formula is C22H32N2O5. The molecule has 29 heavy (non-hydrogen) atoms. The molecule has 160 valence electrons. The Kier molecular flexibility index (Phi) is 6.36. The number of aliphatic hydroxyl groups excluding tert-OH is 1. The molecule has 1 aliphatic heterocycles. The van der Waals surface area contributed by atoms with Gasteiger partial charge in [0, 0.05) is 31.5 Å². The summed E-state index contributed by atoms with van der Waals surface area (Å²) < 4.78 is 11.7. The highest BCUT2D eigenvalue weighted by atomic mass is 16.5. The first-order valence-corrected chi connectivity index (χ1v) is 10.3. The van der Waals surface area contributed by atoms with Gasteiger partial charge < -0.3 is 24.8 Å². The number of rotatable bonds is 5. The molecule has 2 fully saturated rings. The van der Waals surface area contributed by atoms with Crippen molar-refractivity contribution in [2.24, 2.45) is 5.41 Å². The fraction of sp³-hybridized carbons (Fsp3) is 0.636. The van der Waals surface area contributed by atoms with Gasteiger partial charge in [0.25, 0.3) is 0 Å². The minimum atomic E-state index is -0.656. The second kappa shape index (κ2) is 8.61. The van der Waals surface area contributed by atoms with Crippen LogP contribution in [0.5, 0.6) is 11.5 Å². The number of amides is 2. The standard InChI is InChI=1S/C22H32N2O5/c1-14(25)22(2)13-24(21(27)20(26)23-3)12-17(22)15-9-10-18(28-4)19(11-15)29-16-7-5-6-8-16/h9-11,14,16-17,25H,5-8,12-13H2,1-4H3,(H,23,26)/t14-,17+,22+/m1/s1. The van der Waals surface area contributed by atoms with Gasteiger partial charge in [0.05, 0.1) is 19.3 Å². The van der Waals surface area contributed by atoms with E-state index in [0.717, 1.165) is 18.4 Å². The number of carbonyl (C=O) groups is 2. The predicted molar refractivity (Wildman–Crippen MR) is 109 cm³/mol. The van der Waals surface area contributed by atoms with Crippen LogP contribution >= 0.6 is 0 Å². The Hall–Kier alpha value is -2.28. The number of hydrogen-bond donors (Lipinski definition) is 2. The lowest BCUT2D eigenvalue weighted by Gasteiger charge is -2.34. The zero-order chi connectivity index (χ0) is 21.2. The summed E-state index contributed by atoms with van der Waals surface area (Å²) in [6.45, 7) is 4.37. The molecular weight excluding hydrogens is 372 g/mol. The summed E-state index contributed by atoms with van der Waals surface area (Å²) in [6, 6.07) is 5.81. The molecule has 1 aliphatic carbocycles. The Morgan fingerprint density at radius 3 is 2.55 bits per heavy atom. The van der Waals surface area contributed by atoms with Crippen LogP contribution in [0, 0.1) is 5.41 Å². The Labute approximate surface area is 172 Å². The maximum absolute atomic E-state index is 12.4. The van der Waals surface area contributed by atoms with E-state index in [1.807, 2.05) is 25.1 Å². The number of methoxy groups -OCH3 is 1. The van der Waals surface area contributed by atoms with Crippen molar-refractivity contribution in [3.8, 4) is 11.5 Å². The molecule has 2 amide bonds. The molecule has 0 aromatic heterocycles. The number of carbonyl (C=O) groups excluding carboxylic acids is 2. The third kappa shape index (κ3) is 4.20. The van der Waals surface area contributed by atoms with Gasteiger partial charge in [-0.1, -0.05) is 13.0 Å². The molecule has 0 bridgehead atoms. The smallest absolute Gasteiger partial charge is 0.311 e. The Morgan fingerprint density at radius 2 is 1.97 bits per heavy atom. The van der Waals surface area contributed by atoms with E-state index in [1.54, 1.807) is 14.0 Å². The first-order valence-electron chi connectivity index (χ1n) is 10.3. The normalized spacial score (nSPS) is 25.7. The van der Waals surface area contributed by atoms with Gasteiger partial charge in [0.15, 0.2) is 11.5 Å². The van der Waals surface area contributed by atoms with Crippen LogP contribution < -0.4 is 14.8 Å². The predicted octanol–water partition coefficient (Wildman–Crippen LogP) is 2.08. The average Bonchev–Trinajstić information content (AvgIpc) is 3.35. The van der Waals surface area contributed by atoms with Crippen molar-refractivity contribution in [1.29, 1.82) is 0 Å². The van der Waals surface area contributed by atoms with E-state index in [1.165, 1.54) is 24.8 Å². The Bertz CT molecular complexity index is 760. The van der Waals surface area contributed by atoms with E-state index in [4.69, 9.17) is 9.47 Å². The summed E-state index contributed by atoms with van der Waals surface area (Å²) in [7, 11) is 3.06. The highest BCUT2D eigenvalue weighted by molar-refractivity contribution is 6.35. The lowest BCUT2D eigenvalue weighted by Crippen LogP contribution is -2.42. The molecule has 1 aromatic rings. The van der Waals surface area contributed by atoms with Gasteiger partial charge in [-0.25, -0.2) is 0 Å². The number of nitrogens with zero attached hydrogens (tertiary/aromatic N) is 1. The van der Waals surface area contributed by atoms with Gasteiger partial charge in [-0.2, -0.15) is 0 Å². The third-order valence-electron chi connectivity index (χ3n) is 6.58. The Morgan fingerprint density at radius 1 is 1.28 bits per heavy atom. The fourth-order valence-electron chi connectivity index (χ4n) is 4.52. The number of benzene rings is 1. The number of hydrogen-bond acceptors (Lipinski definition) is 5. The highest BCUT2D eigenvalue weighted by Gasteiger charge is 2.49. The van der Waals surface area contributed by atoms with Crippen LogP contribution in [0.25, 0.3) is 0 Å². The van der Waals surface area contributed by atoms with E-state index in [9.17, 15) is 14.7 Å². The monoisotopic (exact) mass is 404 g/mol. The second-order valence-corrected chi connectivity index (χ2v) is 8.43. The molecule has 0 unspecified atom stereocenters. The van der Waals surface area contributed by atoms with Crippen molar-refractivity contribution < 1.29 is 24.2 Å². The average molecular weight is 405 g/mol. The number of nitrogens with one attached hydrogen (secondary N) is 1. The van der Waals surface area contributed by atoms with E-state index < -0.39 is 23.3 Å². The van der Waals surface area contributed by atoms with Crippen LogP contribution in [0.2, 0.25) is 0 Å². The molecule has 1 heterocycles. The largest absolute Gasteiger partial charge is 0.493 e. The quantitative estimate of drug-likeness (QED) is 0.734. The fourth-order valence-corrected chi connectivity index (χ4v) is 4.52. The summed E-state index contributed by atoms with van der Waals surface area (Å²) in [6.07, 6.45) is 3.96. The zero-order valence-electron chi connectivity index (χ0n) is 17.7. The van der Waals surface area contributed by atoms with Crippen LogP contribution in [0.3, 0.4) is 0 Å². The van der Waals surface area contributed by atoms with E-state index >= 15 is 0 Å². The molecule has 1 saturated carbocycles. The third-order valence-corrected chi connectivity index (χ3v) is 6.58. The van der Waals surface area contributed by atoms with Gasteiger partial charge in [-0.05, 0) is 50.3 Å². The van der Waals surface area contributed by atoms with Gasteiger partial charge >= 0.3 is 11.8 Å². The van der Waals surface area contributed by atoms with Gasteiger partial charge in [0.2, 0.25) is 0 Å². The lowest BCUT2D eigenvalue weighted by molar-refractivity contribution is -0.145. The minimum Gasteiger partial charge on any atom is -0.493 e. The summed E-state index contributed by atoms with van der Waals surface area (Å²) in [5, 5.41) is 12.9. The first kappa shape index (κ1) is 21.4. The molecule has 1 aromatic carbocycles. The van der Waals surface area contributed by atoms with Crippen LogP contribution in [0.15, 0.2) is 18.2 Å². The maximum Gasteiger partial charge on any atom is 0.311 e. The van der Waals surface area contributed by atoms with Crippen LogP contribution in [0.4, 0.5) is 0 Å². The molecule has 7 nitrogen and oxygen atoms in total. The second-order valence-electron chi connectivity index (χ2n) is 8.43. The van der Waals surface area contributed by atoms with E-state index in [-0.39, 0.29) is 12.0 Å². The molecule has 0 radical (unpaired) electrons. The van der Waals surface area contributed by atoms with Gasteiger partial charge in [0.1, 0.15) is 0 Å². The van der Waals surface area contributed by atoms with Gasteiger partial charge in [-0.3, -0.25) is 9.59 Å². The first-order chi connectivity index (χ1) is 13.8. The topological polar surface area (TPSA) is 88.1 Å². The van der Waals surface area contributed by atoms with Crippen LogP contribution in [-0.2, 0) is 9.59 Å². The van der Waals surface area contributed by atoms with Crippen molar-refractivity contribution in [3.63, 3.8) is 0 Å². The minimum absolute atomic E-state index is 0.132. The van der Waals surface area contributed by atoms with Crippen molar-refractivity contribution in [3.05, 3.63) is 23.8 Å². The zero-order valence-corrected chi connectivity index (χ0v) is 17.7. The van der Waals surface area contributed by atoms with Crippen molar-refractivity contribution in [1.82, 2.24) is 10.2 Å². The molecule has 7 heteroatoms. The molecule has 1 saturated heterocycles. The summed E-state index contributed by atoms with van der Waals surface area (Å²) >= 11 is 0. The van der Waals surface area contributed by atoms with Crippen LogP contribution in [0.1, 0.15) is 51.0 Å². The number of aliphatic hydroxyl groups is 1. The van der Waals surface area contributed by atoms with E-state index in [0.29, 0.717) is 24.6 Å². The van der Waals surface area contributed by atoms with E-state index in [2.05, 4.69) is 5.32 Å². The molecule has 0 spiro atoms. The summed E-state index contributed by atoms with van der Waals surface area (Å²) in [4.78, 5) is 25.8. The van der Waals surface area contributed by atoms with Crippen molar-refractivity contribution >= 4 is 11.8 Å². The molecule has 2 N–H and O–H groups in total. The maximum atomic E-state index is 12.4.